The van der Waals surface area contributed by atoms with Crippen LogP contribution in [0.25, 0.3) is 0 Å². The topological polar surface area (TPSA) is 106 Å². The molecule has 11 heteroatoms. The Balaban J connectivity index is 0.00000272. The molecule has 0 unspecified atom stereocenters. The molecule has 2 heterocycles. The van der Waals surface area contributed by atoms with Gasteiger partial charge in [0.25, 0.3) is 0 Å². The number of rotatable bonds is 5. The summed E-state index contributed by atoms with van der Waals surface area (Å²) in [4.78, 5) is 32.9. The van der Waals surface area contributed by atoms with Gasteiger partial charge in [-0.2, -0.15) is 5.26 Å². The number of piperidine rings is 1. The molecule has 0 saturated carbocycles. The van der Waals surface area contributed by atoms with Crippen LogP contribution in [0.15, 0.2) is 0 Å². The normalized spacial score (nSPS) is 22.6. The molecule has 1 fully saturated rings. The predicted octanol–water partition coefficient (Wildman–Crippen LogP) is 2.59. The molecule has 0 aromatic carbocycles. The van der Waals surface area contributed by atoms with Gasteiger partial charge in [-0.25, -0.2) is 4.79 Å². The van der Waals surface area contributed by atoms with Gasteiger partial charge in [-0.05, 0) is 65.7 Å². The molecule has 1 aliphatic carbocycles. The third-order valence-electron chi connectivity index (χ3n) is 6.48. The van der Waals surface area contributed by atoms with Gasteiger partial charge in [0.1, 0.15) is 11.1 Å². The van der Waals surface area contributed by atoms with Crippen LogP contribution in [0.2, 0.25) is 0 Å². The number of likely N-dealkylation sites (N-methyl/N-ethyl adjacent to an activating group) is 2. The van der Waals surface area contributed by atoms with Crippen molar-refractivity contribution in [3.8, 4) is 6.07 Å². The van der Waals surface area contributed by atoms with Crippen LogP contribution < -0.4 is 11.1 Å². The van der Waals surface area contributed by atoms with E-state index in [4.69, 9.17) is 5.73 Å². The van der Waals surface area contributed by atoms with E-state index >= 15 is 0 Å². The molecule has 33 heavy (non-hydrogen) atoms. The molecule has 8 nitrogen and oxygen atoms in total. The van der Waals surface area contributed by atoms with E-state index in [1.165, 1.54) is 21.1 Å². The number of nitrogens with one attached hydrogen (secondary N) is 1. The number of halogens is 2. The van der Waals surface area contributed by atoms with Crippen molar-refractivity contribution in [3.63, 3.8) is 0 Å². The maximum absolute atomic E-state index is 13.3. The van der Waals surface area contributed by atoms with E-state index in [1.54, 1.807) is 0 Å². The number of nitriles is 1. The molecule has 3 amide bonds. The van der Waals surface area contributed by atoms with Gasteiger partial charge in [0, 0.05) is 36.6 Å². The second-order valence-corrected chi connectivity index (χ2v) is 10.3. The number of nitrogens with two attached hydrogens (primary N) is 1. The van der Waals surface area contributed by atoms with E-state index in [9.17, 15) is 14.9 Å². The molecule has 3 N–H and O–H groups in total. The van der Waals surface area contributed by atoms with Gasteiger partial charge >= 0.3 is 6.03 Å². The van der Waals surface area contributed by atoms with E-state index in [2.05, 4.69) is 23.3 Å². The number of nitrogens with zero attached hydrogens (tertiary/aromatic N) is 4. The highest BCUT2D eigenvalue weighted by Crippen LogP contribution is 2.42. The van der Waals surface area contributed by atoms with E-state index in [0.29, 0.717) is 36.2 Å². The van der Waals surface area contributed by atoms with Crippen LogP contribution in [0.5, 0.6) is 0 Å². The maximum atomic E-state index is 13.3. The second kappa shape index (κ2) is 12.2. The van der Waals surface area contributed by atoms with Crippen molar-refractivity contribution in [1.29, 1.82) is 5.26 Å². The summed E-state index contributed by atoms with van der Waals surface area (Å²) < 4.78 is 0. The fraction of sp³-hybridized carbons (Fsp3) is 0.682. The molecule has 0 spiro atoms. The monoisotopic (exact) mass is 518 g/mol. The predicted molar refractivity (Wildman–Crippen MR) is 137 cm³/mol. The number of carbonyl (C=O) groups excluding carboxylic acids is 2. The summed E-state index contributed by atoms with van der Waals surface area (Å²) in [6.45, 7) is 5.47. The molecule has 2 aliphatic rings. The van der Waals surface area contributed by atoms with Crippen LogP contribution >= 0.6 is 36.2 Å². The first-order valence-electron chi connectivity index (χ1n) is 10.9. The van der Waals surface area contributed by atoms with E-state index in [-0.39, 0.29) is 54.6 Å². The van der Waals surface area contributed by atoms with Crippen molar-refractivity contribution in [2.45, 2.75) is 45.2 Å². The lowest BCUT2D eigenvalue weighted by atomic mass is 9.74. The zero-order chi connectivity index (χ0) is 22.9. The number of amides is 3. The lowest BCUT2D eigenvalue weighted by Gasteiger charge is -2.45. The van der Waals surface area contributed by atoms with Crippen LogP contribution in [-0.2, 0) is 17.6 Å². The fourth-order valence-corrected chi connectivity index (χ4v) is 6.25. The van der Waals surface area contributed by atoms with Crippen molar-refractivity contribution in [2.75, 3.05) is 46.5 Å². The fourth-order valence-electron chi connectivity index (χ4n) is 5.15. The number of imide groups is 1. The number of thiophene rings is 1. The number of likely N-dealkylation sites (tertiary alicyclic amines) is 1. The number of carbonyl (C=O) groups is 2. The number of fused-ring (bicyclic) bond motifs is 2. The Kier molecular flexibility index (Phi) is 10.9. The molecule has 1 aliphatic heterocycles. The largest absolute Gasteiger partial charge is 0.389 e. The summed E-state index contributed by atoms with van der Waals surface area (Å²) in [5, 5.41) is 13.0. The van der Waals surface area contributed by atoms with Gasteiger partial charge in [-0.1, -0.05) is 0 Å². The smallest absolute Gasteiger partial charge is 0.324 e. The Morgan fingerprint density at radius 2 is 2.00 bits per heavy atom. The molecule has 186 valence electrons. The standard InChI is InChI=1S/C22H34N6O2S.2ClH/c1-6-28(22(30)25-13(2)11-26(3)4)21(29)15-7-14-8-16-17(10-23)20(24)31-19(16)9-18(14)27(5)12-15;;/h13-15,18H,6-9,11-12,24H2,1-5H3,(H,25,30);2*1H/t13-,14+,15+,18+;;/m0../s1. The molecule has 0 bridgehead atoms. The van der Waals surface area contributed by atoms with Gasteiger partial charge in [0.2, 0.25) is 5.91 Å². The van der Waals surface area contributed by atoms with Gasteiger partial charge < -0.3 is 20.9 Å². The molecular formula is C22H36Cl2N6O2S. The summed E-state index contributed by atoms with van der Waals surface area (Å²) in [5.74, 6) is -0.0709. The number of nitrogen functional groups attached to an aromatic ring is 1. The van der Waals surface area contributed by atoms with Crippen LogP contribution in [-0.4, -0.2) is 79.5 Å². The lowest BCUT2D eigenvalue weighted by Crippen LogP contribution is -2.56. The first-order chi connectivity index (χ1) is 14.7. The SMILES string of the molecule is CCN(C(=O)N[C@@H](C)CN(C)C)C(=O)[C@@H]1C[C@@H]2Cc3c(sc(N)c3C#N)C[C@H]2N(C)C1.Cl.Cl. The molecule has 0 radical (unpaired) electrons. The summed E-state index contributed by atoms with van der Waals surface area (Å²) in [7, 11) is 5.96. The lowest BCUT2D eigenvalue weighted by molar-refractivity contribution is -0.135. The van der Waals surface area contributed by atoms with E-state index in [1.807, 2.05) is 32.8 Å². The van der Waals surface area contributed by atoms with E-state index < -0.39 is 0 Å². The summed E-state index contributed by atoms with van der Waals surface area (Å²) in [5.41, 5.74) is 7.74. The number of urea groups is 1. The Morgan fingerprint density at radius 3 is 2.58 bits per heavy atom. The number of anilines is 1. The molecule has 1 saturated heterocycles. The summed E-state index contributed by atoms with van der Waals surface area (Å²) >= 11 is 1.53. The van der Waals surface area contributed by atoms with Crippen molar-refractivity contribution in [3.05, 3.63) is 16.0 Å². The number of hydrogen-bond acceptors (Lipinski definition) is 7. The molecular weight excluding hydrogens is 483 g/mol. The zero-order valence-corrected chi connectivity index (χ0v) is 22.4. The van der Waals surface area contributed by atoms with Gasteiger partial charge in [0.15, 0.2) is 0 Å². The Bertz CT molecular complexity index is 887. The highest BCUT2D eigenvalue weighted by molar-refractivity contribution is 7.16. The van der Waals surface area contributed by atoms with Crippen molar-refractivity contribution in [2.24, 2.45) is 11.8 Å². The first-order valence-corrected chi connectivity index (χ1v) is 11.7. The Morgan fingerprint density at radius 1 is 1.33 bits per heavy atom. The summed E-state index contributed by atoms with van der Waals surface area (Å²) in [6.07, 6.45) is 2.36. The molecule has 3 rings (SSSR count). The van der Waals surface area contributed by atoms with Gasteiger partial charge in [-0.15, -0.1) is 36.2 Å². The van der Waals surface area contributed by atoms with Crippen LogP contribution in [0.3, 0.4) is 0 Å². The Hall–Kier alpha value is -1.57. The third-order valence-corrected chi connectivity index (χ3v) is 7.57. The number of hydrogen-bond donors (Lipinski definition) is 2. The summed E-state index contributed by atoms with van der Waals surface area (Å²) in [6, 6.07) is 2.22. The molecule has 1 aromatic heterocycles. The first kappa shape index (κ1) is 29.5. The Labute approximate surface area is 213 Å². The minimum atomic E-state index is -0.324. The van der Waals surface area contributed by atoms with Gasteiger partial charge in [0.05, 0.1) is 11.5 Å². The van der Waals surface area contributed by atoms with Crippen LogP contribution in [0.4, 0.5) is 9.80 Å². The molecule has 1 aromatic rings. The minimum Gasteiger partial charge on any atom is -0.389 e. The van der Waals surface area contributed by atoms with Gasteiger partial charge in [-0.3, -0.25) is 9.69 Å². The highest BCUT2D eigenvalue weighted by atomic mass is 35.5. The molecule has 4 atom stereocenters. The quantitative estimate of drug-likeness (QED) is 0.620. The maximum Gasteiger partial charge on any atom is 0.324 e. The average Bonchev–Trinajstić information content (AvgIpc) is 3.00. The van der Waals surface area contributed by atoms with Crippen LogP contribution in [0.1, 0.15) is 36.3 Å². The highest BCUT2D eigenvalue weighted by Gasteiger charge is 2.43. The van der Waals surface area contributed by atoms with Crippen molar-refractivity contribution < 1.29 is 9.59 Å². The minimum absolute atomic E-state index is 0. The van der Waals surface area contributed by atoms with Crippen molar-refractivity contribution >= 4 is 53.1 Å². The zero-order valence-electron chi connectivity index (χ0n) is 20.0. The third kappa shape index (κ3) is 6.31. The van der Waals surface area contributed by atoms with Crippen LogP contribution in [0, 0.1) is 23.2 Å². The van der Waals surface area contributed by atoms with E-state index in [0.717, 1.165) is 24.8 Å². The second-order valence-electron chi connectivity index (χ2n) is 9.16. The van der Waals surface area contributed by atoms with Crippen molar-refractivity contribution in [1.82, 2.24) is 20.0 Å². The average molecular weight is 520 g/mol.